The molecule has 8 heteroatoms. The Hall–Kier alpha value is -3.42. The van der Waals surface area contributed by atoms with Crippen molar-refractivity contribution in [1.29, 1.82) is 0 Å². The van der Waals surface area contributed by atoms with E-state index in [9.17, 15) is 9.59 Å². The number of carbonyl (C=O) groups is 2. The molecule has 2 aromatic carbocycles. The van der Waals surface area contributed by atoms with Gasteiger partial charge in [-0.3, -0.25) is 9.59 Å². The highest BCUT2D eigenvalue weighted by Crippen LogP contribution is 2.34. The Morgan fingerprint density at radius 1 is 1.14 bits per heavy atom. The van der Waals surface area contributed by atoms with Gasteiger partial charge in [-0.15, -0.1) is 0 Å². The van der Waals surface area contributed by atoms with E-state index in [0.29, 0.717) is 48.1 Å². The summed E-state index contributed by atoms with van der Waals surface area (Å²) >= 11 is 0. The standard InChI is InChI=1S/C21H22N2O6/c1-26-14-4-7-17(27-2)15(10-14)22-21(25)16-5-8-20(24)23(16)11-13-3-6-18-19(9-13)29-12-28-18/h3-4,6-7,9-10,16H,5,8,11-12H2,1-2H3,(H,22,25). The minimum absolute atomic E-state index is 0.0552. The number of hydrogen-bond acceptors (Lipinski definition) is 6. The third kappa shape index (κ3) is 3.78. The molecule has 2 aromatic rings. The van der Waals surface area contributed by atoms with Crippen LogP contribution >= 0.6 is 0 Å². The maximum absolute atomic E-state index is 13.0. The Labute approximate surface area is 168 Å². The molecule has 0 aliphatic carbocycles. The fourth-order valence-electron chi connectivity index (χ4n) is 3.57. The van der Waals surface area contributed by atoms with Gasteiger partial charge in [-0.1, -0.05) is 6.07 Å². The molecule has 0 spiro atoms. The Morgan fingerprint density at radius 3 is 2.76 bits per heavy atom. The first-order valence-corrected chi connectivity index (χ1v) is 9.30. The summed E-state index contributed by atoms with van der Waals surface area (Å²) in [7, 11) is 3.08. The number of likely N-dealkylation sites (tertiary alicyclic amines) is 1. The summed E-state index contributed by atoms with van der Waals surface area (Å²) in [4.78, 5) is 27.0. The van der Waals surface area contributed by atoms with E-state index in [2.05, 4.69) is 5.32 Å². The van der Waals surface area contributed by atoms with Crippen molar-refractivity contribution in [2.24, 2.45) is 0 Å². The molecule has 29 heavy (non-hydrogen) atoms. The number of carbonyl (C=O) groups excluding carboxylic acids is 2. The summed E-state index contributed by atoms with van der Waals surface area (Å²) in [5, 5.41) is 2.87. The monoisotopic (exact) mass is 398 g/mol. The van der Waals surface area contributed by atoms with Gasteiger partial charge in [0.1, 0.15) is 17.5 Å². The van der Waals surface area contributed by atoms with Gasteiger partial charge in [-0.2, -0.15) is 0 Å². The quantitative estimate of drug-likeness (QED) is 0.805. The third-order valence-electron chi connectivity index (χ3n) is 5.09. The maximum atomic E-state index is 13.0. The second kappa shape index (κ2) is 7.90. The van der Waals surface area contributed by atoms with Crippen molar-refractivity contribution in [2.75, 3.05) is 26.3 Å². The Kier molecular flexibility index (Phi) is 5.16. The summed E-state index contributed by atoms with van der Waals surface area (Å²) in [6.07, 6.45) is 0.791. The topological polar surface area (TPSA) is 86.3 Å². The highest BCUT2D eigenvalue weighted by Gasteiger charge is 2.36. The summed E-state index contributed by atoms with van der Waals surface area (Å²) in [5.41, 5.74) is 1.38. The minimum atomic E-state index is -0.566. The number of anilines is 1. The molecule has 1 N–H and O–H groups in total. The van der Waals surface area contributed by atoms with E-state index < -0.39 is 6.04 Å². The number of rotatable bonds is 6. The van der Waals surface area contributed by atoms with Crippen LogP contribution in [0.5, 0.6) is 23.0 Å². The summed E-state index contributed by atoms with van der Waals surface area (Å²) < 4.78 is 21.3. The zero-order valence-corrected chi connectivity index (χ0v) is 16.3. The molecule has 1 saturated heterocycles. The number of methoxy groups -OCH3 is 2. The lowest BCUT2D eigenvalue weighted by atomic mass is 10.1. The summed E-state index contributed by atoms with van der Waals surface area (Å²) in [6, 6.07) is 10.1. The molecule has 1 fully saturated rings. The predicted molar refractivity (Wildman–Crippen MR) is 104 cm³/mol. The summed E-state index contributed by atoms with van der Waals surface area (Å²) in [6.45, 7) is 0.512. The molecule has 2 aliphatic rings. The number of nitrogens with zero attached hydrogens (tertiary/aromatic N) is 1. The lowest BCUT2D eigenvalue weighted by Crippen LogP contribution is -2.41. The van der Waals surface area contributed by atoms with E-state index in [4.69, 9.17) is 18.9 Å². The molecule has 0 aromatic heterocycles. The van der Waals surface area contributed by atoms with E-state index >= 15 is 0 Å². The van der Waals surface area contributed by atoms with Crippen molar-refractivity contribution >= 4 is 17.5 Å². The van der Waals surface area contributed by atoms with Crippen LogP contribution in [0.15, 0.2) is 36.4 Å². The van der Waals surface area contributed by atoms with E-state index in [1.54, 1.807) is 30.2 Å². The molecular weight excluding hydrogens is 376 g/mol. The zero-order chi connectivity index (χ0) is 20.4. The molecule has 2 heterocycles. The molecule has 0 bridgehead atoms. The van der Waals surface area contributed by atoms with E-state index in [-0.39, 0.29) is 18.6 Å². The van der Waals surface area contributed by atoms with Gasteiger partial charge in [-0.05, 0) is 36.2 Å². The maximum Gasteiger partial charge on any atom is 0.247 e. The van der Waals surface area contributed by atoms with Gasteiger partial charge in [0, 0.05) is 19.0 Å². The average molecular weight is 398 g/mol. The first-order valence-electron chi connectivity index (χ1n) is 9.30. The molecular formula is C21H22N2O6. The molecule has 1 atom stereocenters. The van der Waals surface area contributed by atoms with Gasteiger partial charge in [0.2, 0.25) is 18.6 Å². The van der Waals surface area contributed by atoms with Crippen LogP contribution in [0.2, 0.25) is 0 Å². The molecule has 0 saturated carbocycles. The average Bonchev–Trinajstić information content (AvgIpc) is 3.34. The molecule has 4 rings (SSSR count). The van der Waals surface area contributed by atoms with E-state index in [1.807, 2.05) is 18.2 Å². The zero-order valence-electron chi connectivity index (χ0n) is 16.3. The van der Waals surface area contributed by atoms with Gasteiger partial charge in [0.25, 0.3) is 0 Å². The predicted octanol–water partition coefficient (Wildman–Crippen LogP) is 2.56. The van der Waals surface area contributed by atoms with Gasteiger partial charge in [0.15, 0.2) is 11.5 Å². The third-order valence-corrected chi connectivity index (χ3v) is 5.09. The Balaban J connectivity index is 1.51. The molecule has 2 amide bonds. The highest BCUT2D eigenvalue weighted by molar-refractivity contribution is 6.00. The van der Waals surface area contributed by atoms with Crippen molar-refractivity contribution in [3.8, 4) is 23.0 Å². The molecule has 1 unspecified atom stereocenters. The first kappa shape index (κ1) is 18.9. The van der Waals surface area contributed by atoms with Crippen molar-refractivity contribution in [3.05, 3.63) is 42.0 Å². The second-order valence-electron chi connectivity index (χ2n) is 6.82. The fourth-order valence-corrected chi connectivity index (χ4v) is 3.57. The molecule has 152 valence electrons. The van der Waals surface area contributed by atoms with Crippen LogP contribution in [0.3, 0.4) is 0 Å². The van der Waals surface area contributed by atoms with Crippen molar-refractivity contribution in [2.45, 2.75) is 25.4 Å². The number of hydrogen-bond donors (Lipinski definition) is 1. The SMILES string of the molecule is COc1ccc(OC)c(NC(=O)C2CCC(=O)N2Cc2ccc3c(c2)OCO3)c1. The van der Waals surface area contributed by atoms with Gasteiger partial charge >= 0.3 is 0 Å². The lowest BCUT2D eigenvalue weighted by molar-refractivity contribution is -0.133. The fraction of sp³-hybridized carbons (Fsp3) is 0.333. The van der Waals surface area contributed by atoms with Crippen LogP contribution in [0.1, 0.15) is 18.4 Å². The van der Waals surface area contributed by atoms with Crippen LogP contribution in [-0.2, 0) is 16.1 Å². The van der Waals surface area contributed by atoms with E-state index in [0.717, 1.165) is 5.56 Å². The van der Waals surface area contributed by atoms with Crippen LogP contribution in [0.25, 0.3) is 0 Å². The number of amides is 2. The second-order valence-corrected chi connectivity index (χ2v) is 6.82. The number of fused-ring (bicyclic) bond motifs is 1. The van der Waals surface area contributed by atoms with Crippen molar-refractivity contribution in [3.63, 3.8) is 0 Å². The highest BCUT2D eigenvalue weighted by atomic mass is 16.7. The van der Waals surface area contributed by atoms with Crippen LogP contribution < -0.4 is 24.3 Å². The van der Waals surface area contributed by atoms with E-state index in [1.165, 1.54) is 7.11 Å². The van der Waals surface area contributed by atoms with Crippen LogP contribution in [0, 0.1) is 0 Å². The Morgan fingerprint density at radius 2 is 1.97 bits per heavy atom. The smallest absolute Gasteiger partial charge is 0.247 e. The van der Waals surface area contributed by atoms with Crippen molar-refractivity contribution < 1.29 is 28.5 Å². The molecule has 0 radical (unpaired) electrons. The normalized spacial score (nSPS) is 17.4. The molecule has 8 nitrogen and oxygen atoms in total. The number of ether oxygens (including phenoxy) is 4. The van der Waals surface area contributed by atoms with Gasteiger partial charge in [0.05, 0.1) is 19.9 Å². The molecule has 2 aliphatic heterocycles. The largest absolute Gasteiger partial charge is 0.497 e. The number of nitrogens with one attached hydrogen (secondary N) is 1. The van der Waals surface area contributed by atoms with Gasteiger partial charge in [-0.25, -0.2) is 0 Å². The Bertz CT molecular complexity index is 945. The first-order chi connectivity index (χ1) is 14.1. The summed E-state index contributed by atoms with van der Waals surface area (Å²) in [5.74, 6) is 2.13. The van der Waals surface area contributed by atoms with Crippen molar-refractivity contribution in [1.82, 2.24) is 4.90 Å². The lowest BCUT2D eigenvalue weighted by Gasteiger charge is -2.24. The van der Waals surface area contributed by atoms with Gasteiger partial charge < -0.3 is 29.2 Å². The van der Waals surface area contributed by atoms with Crippen LogP contribution in [0.4, 0.5) is 5.69 Å². The minimum Gasteiger partial charge on any atom is -0.497 e. The number of benzene rings is 2. The van der Waals surface area contributed by atoms with Crippen LogP contribution in [-0.4, -0.2) is 43.8 Å².